The summed E-state index contributed by atoms with van der Waals surface area (Å²) in [7, 11) is 4.19. The van der Waals surface area contributed by atoms with Gasteiger partial charge in [0.2, 0.25) is 0 Å². The number of benzene rings is 2. The molecule has 0 bridgehead atoms. The van der Waals surface area contributed by atoms with Crippen LogP contribution in [0.4, 0.5) is 0 Å². The average Bonchev–Trinajstić information content (AvgIpc) is 3.37. The minimum atomic E-state index is -0.812. The number of carbonyl (C=O) groups is 2. The molecule has 4 heterocycles. The maximum atomic E-state index is 12.3. The molecule has 2 aliphatic heterocycles. The Hall–Kier alpha value is -3.08. The van der Waals surface area contributed by atoms with Crippen LogP contribution < -0.4 is 0 Å². The predicted molar refractivity (Wildman–Crippen MR) is 189 cm³/mol. The van der Waals surface area contributed by atoms with Gasteiger partial charge in [0.25, 0.3) is 0 Å². The first-order chi connectivity index (χ1) is 21.8. The number of halogens is 2. The van der Waals surface area contributed by atoms with E-state index < -0.39 is 17.2 Å². The summed E-state index contributed by atoms with van der Waals surface area (Å²) in [6.07, 6.45) is 1.81. The maximum absolute atomic E-state index is 12.3. The summed E-state index contributed by atoms with van der Waals surface area (Å²) in [6, 6.07) is 11.6. The SMILES string of the molecule is CC(C)(C)O.CN1CCc2c(c3cc(Cl)ccc3n2CC(=O)O)C1.CN1CCc2c(c3cc(Cl)ccc3n2CC(=O)OC(C)(C)C)C1. The van der Waals surface area contributed by atoms with Gasteiger partial charge in [-0.25, -0.2) is 0 Å². The molecule has 0 atom stereocenters. The number of hydrogen-bond donors (Lipinski definition) is 2. The van der Waals surface area contributed by atoms with Crippen molar-refractivity contribution in [2.75, 3.05) is 27.2 Å². The van der Waals surface area contributed by atoms with Gasteiger partial charge in [-0.3, -0.25) is 9.59 Å². The van der Waals surface area contributed by atoms with Crippen molar-refractivity contribution in [1.29, 1.82) is 0 Å². The molecule has 2 N–H and O–H groups in total. The number of carbonyl (C=O) groups excluding carboxylic acids is 1. The van der Waals surface area contributed by atoms with E-state index in [9.17, 15) is 9.59 Å². The van der Waals surface area contributed by atoms with Crippen LogP contribution in [0.1, 0.15) is 64.1 Å². The van der Waals surface area contributed by atoms with E-state index in [-0.39, 0.29) is 19.1 Å². The first-order valence-corrected chi connectivity index (χ1v) is 16.7. The standard InChI is InChI=1S/C18H23ClN2O2.C14H15ClN2O2.C4H10O/c1-18(2,3)23-17(22)11-21-15-6-5-12(19)9-13(15)14-10-20(4)8-7-16(14)21;1-16-5-4-13-11(7-16)10-6-9(15)2-3-12(10)17(13)8-14(18)19;1-4(2,3)5/h5-6,9H,7-8,10-11H2,1-4H3;2-3,6H,4-5,7-8H2,1H3,(H,18,19);5H,1-3H3. The molecule has 256 valence electrons. The van der Waals surface area contributed by atoms with E-state index in [4.69, 9.17) is 38.2 Å². The summed E-state index contributed by atoms with van der Waals surface area (Å²) in [6.45, 7) is 14.8. The van der Waals surface area contributed by atoms with Gasteiger partial charge in [-0.2, -0.15) is 0 Å². The lowest BCUT2D eigenvalue weighted by Crippen LogP contribution is -2.30. The second-order valence-electron chi connectivity index (χ2n) is 14.5. The molecule has 2 aromatic carbocycles. The molecule has 47 heavy (non-hydrogen) atoms. The summed E-state index contributed by atoms with van der Waals surface area (Å²) >= 11 is 12.3. The number of fused-ring (bicyclic) bond motifs is 6. The number of hydrogen-bond acceptors (Lipinski definition) is 6. The number of ether oxygens (including phenoxy) is 1. The molecule has 0 fully saturated rings. The Kier molecular flexibility index (Phi) is 11.4. The molecular weight excluding hydrogens is 639 g/mol. The van der Waals surface area contributed by atoms with Gasteiger partial charge in [0, 0.05) is 82.3 Å². The fraction of sp³-hybridized carbons (Fsp3) is 0.500. The number of rotatable bonds is 4. The Bertz CT molecular complexity index is 1760. The van der Waals surface area contributed by atoms with Crippen molar-refractivity contribution < 1.29 is 24.5 Å². The molecule has 0 unspecified atom stereocenters. The zero-order chi connectivity index (χ0) is 34.8. The van der Waals surface area contributed by atoms with Crippen molar-refractivity contribution in [3.05, 3.63) is 69.0 Å². The molecule has 11 heteroatoms. The van der Waals surface area contributed by atoms with Gasteiger partial charge in [0.15, 0.2) is 0 Å². The quantitative estimate of drug-likeness (QED) is 0.229. The minimum Gasteiger partial charge on any atom is -0.480 e. The van der Waals surface area contributed by atoms with Gasteiger partial charge < -0.3 is 33.9 Å². The van der Waals surface area contributed by atoms with Gasteiger partial charge in [-0.05, 0) is 103 Å². The van der Waals surface area contributed by atoms with Crippen LogP contribution in [0.5, 0.6) is 0 Å². The predicted octanol–water partition coefficient (Wildman–Crippen LogP) is 6.77. The number of carboxylic acids is 1. The van der Waals surface area contributed by atoms with Gasteiger partial charge in [-0.15, -0.1) is 0 Å². The van der Waals surface area contributed by atoms with Gasteiger partial charge >= 0.3 is 11.9 Å². The van der Waals surface area contributed by atoms with E-state index in [0.29, 0.717) is 5.02 Å². The van der Waals surface area contributed by atoms with Crippen molar-refractivity contribution in [1.82, 2.24) is 18.9 Å². The zero-order valence-corrected chi connectivity index (χ0v) is 30.3. The molecule has 6 rings (SSSR count). The normalized spacial score (nSPS) is 15.3. The Balaban J connectivity index is 0.000000189. The molecule has 0 aliphatic carbocycles. The van der Waals surface area contributed by atoms with Crippen LogP contribution in [0.15, 0.2) is 36.4 Å². The molecule has 0 saturated carbocycles. The van der Waals surface area contributed by atoms with E-state index in [2.05, 4.69) is 28.5 Å². The molecule has 0 saturated heterocycles. The number of esters is 1. The highest BCUT2D eigenvalue weighted by Crippen LogP contribution is 2.34. The number of nitrogens with zero attached hydrogens (tertiary/aromatic N) is 4. The van der Waals surface area contributed by atoms with Gasteiger partial charge in [0.05, 0.1) is 5.60 Å². The fourth-order valence-corrected chi connectivity index (χ4v) is 6.46. The van der Waals surface area contributed by atoms with Crippen molar-refractivity contribution in [3.63, 3.8) is 0 Å². The van der Waals surface area contributed by atoms with E-state index >= 15 is 0 Å². The first-order valence-electron chi connectivity index (χ1n) is 15.9. The Labute approximate surface area is 287 Å². The lowest BCUT2D eigenvalue weighted by atomic mass is 10.1. The maximum Gasteiger partial charge on any atom is 0.326 e. The second-order valence-corrected chi connectivity index (χ2v) is 15.3. The summed E-state index contributed by atoms with van der Waals surface area (Å²) in [5, 5.41) is 21.3. The van der Waals surface area contributed by atoms with Crippen LogP contribution in [0, 0.1) is 0 Å². The minimum absolute atomic E-state index is 0.0111. The van der Waals surface area contributed by atoms with Crippen LogP contribution in [-0.4, -0.2) is 79.5 Å². The average molecular weight is 688 g/mol. The monoisotopic (exact) mass is 686 g/mol. The summed E-state index contributed by atoms with van der Waals surface area (Å²) < 4.78 is 9.51. The second kappa shape index (κ2) is 14.6. The van der Waals surface area contributed by atoms with Crippen molar-refractivity contribution >= 4 is 56.9 Å². The molecule has 0 spiro atoms. The zero-order valence-electron chi connectivity index (χ0n) is 28.8. The highest BCUT2D eigenvalue weighted by molar-refractivity contribution is 6.31. The van der Waals surface area contributed by atoms with E-state index in [1.165, 1.54) is 16.8 Å². The number of aliphatic hydroxyl groups is 1. The van der Waals surface area contributed by atoms with Crippen LogP contribution in [0.25, 0.3) is 21.8 Å². The Morgan fingerprint density at radius 1 is 0.766 bits per heavy atom. The van der Waals surface area contributed by atoms with E-state index in [1.54, 1.807) is 20.8 Å². The molecule has 9 nitrogen and oxygen atoms in total. The Morgan fingerprint density at radius 2 is 1.17 bits per heavy atom. The highest BCUT2D eigenvalue weighted by Gasteiger charge is 2.26. The summed E-state index contributed by atoms with van der Waals surface area (Å²) in [5.74, 6) is -1.01. The molecular formula is C36H48Cl2N4O5. The van der Waals surface area contributed by atoms with Crippen molar-refractivity contribution in [2.24, 2.45) is 0 Å². The highest BCUT2D eigenvalue weighted by atomic mass is 35.5. The summed E-state index contributed by atoms with van der Waals surface area (Å²) in [4.78, 5) is 27.9. The summed E-state index contributed by atoms with van der Waals surface area (Å²) in [5.41, 5.74) is 5.91. The number of aliphatic carboxylic acids is 1. The number of carboxylic acid groups (broad SMARTS) is 1. The number of likely N-dealkylation sites (N-methyl/N-ethyl adjacent to an activating group) is 2. The lowest BCUT2D eigenvalue weighted by molar-refractivity contribution is -0.155. The van der Waals surface area contributed by atoms with Gasteiger partial charge in [-0.1, -0.05) is 23.2 Å². The molecule has 0 amide bonds. The molecule has 2 aliphatic rings. The third-order valence-electron chi connectivity index (χ3n) is 7.81. The molecule has 0 radical (unpaired) electrons. The fourth-order valence-electron chi connectivity index (χ4n) is 6.11. The van der Waals surface area contributed by atoms with Gasteiger partial charge in [0.1, 0.15) is 18.7 Å². The van der Waals surface area contributed by atoms with Crippen molar-refractivity contribution in [3.8, 4) is 0 Å². The lowest BCUT2D eigenvalue weighted by Gasteiger charge is -2.25. The van der Waals surface area contributed by atoms with Crippen LogP contribution in [-0.2, 0) is 53.3 Å². The molecule has 4 aromatic rings. The Morgan fingerprint density at radius 3 is 1.55 bits per heavy atom. The molecule has 2 aromatic heterocycles. The topological polar surface area (TPSA) is 100 Å². The van der Waals surface area contributed by atoms with E-state index in [0.717, 1.165) is 71.5 Å². The third kappa shape index (κ3) is 9.74. The van der Waals surface area contributed by atoms with Crippen molar-refractivity contribution in [2.45, 2.75) is 91.8 Å². The first kappa shape index (κ1) is 36.8. The third-order valence-corrected chi connectivity index (χ3v) is 8.28. The van der Waals surface area contributed by atoms with Crippen LogP contribution >= 0.6 is 23.2 Å². The number of aromatic nitrogens is 2. The van der Waals surface area contributed by atoms with Crippen LogP contribution in [0.3, 0.4) is 0 Å². The van der Waals surface area contributed by atoms with E-state index in [1.807, 2.05) is 61.7 Å². The largest absolute Gasteiger partial charge is 0.480 e. The smallest absolute Gasteiger partial charge is 0.326 e. The van der Waals surface area contributed by atoms with Crippen LogP contribution in [0.2, 0.25) is 10.0 Å².